The number of nitrogens with two attached hydrogens (primary N) is 1. The van der Waals surface area contributed by atoms with E-state index in [1.165, 1.54) is 24.7 Å². The number of benzene rings is 1. The lowest BCUT2D eigenvalue weighted by atomic mass is 10.1. The zero-order valence-corrected chi connectivity index (χ0v) is 12.5. The summed E-state index contributed by atoms with van der Waals surface area (Å²) >= 11 is 0. The first kappa shape index (κ1) is 17.5. The molecular weight excluding hydrogens is 321 g/mol. The maximum atomic E-state index is 12.1. The monoisotopic (exact) mass is 336 g/mol. The molecule has 126 valence electrons. The highest BCUT2D eigenvalue weighted by atomic mass is 19.4. The van der Waals surface area contributed by atoms with Gasteiger partial charge in [-0.1, -0.05) is 24.3 Å². The van der Waals surface area contributed by atoms with E-state index in [1.807, 2.05) is 0 Å². The zero-order valence-electron chi connectivity index (χ0n) is 12.5. The van der Waals surface area contributed by atoms with Crippen LogP contribution in [-0.4, -0.2) is 24.8 Å². The molecule has 0 bridgehead atoms. The van der Waals surface area contributed by atoms with Gasteiger partial charge in [0.1, 0.15) is 17.9 Å². The van der Waals surface area contributed by atoms with Gasteiger partial charge in [-0.05, 0) is 24.1 Å². The van der Waals surface area contributed by atoms with E-state index >= 15 is 0 Å². The second-order valence-corrected chi connectivity index (χ2v) is 4.86. The molecule has 0 atom stereocenters. The van der Waals surface area contributed by atoms with Crippen LogP contribution in [0.15, 0.2) is 57.9 Å². The van der Waals surface area contributed by atoms with Gasteiger partial charge in [-0.3, -0.25) is 0 Å². The summed E-state index contributed by atoms with van der Waals surface area (Å²) in [6.45, 7) is 0. The molecule has 8 heteroatoms. The number of alkyl halides is 3. The average molecular weight is 336 g/mol. The molecule has 0 unspecified atom stereocenters. The minimum Gasteiger partial charge on any atom is -0.410 e. The molecule has 0 spiro atoms. The summed E-state index contributed by atoms with van der Waals surface area (Å²) in [5.41, 5.74) is 7.83. The first-order valence-electron chi connectivity index (χ1n) is 6.99. The number of aliphatic imine (C=N–C) groups is 2. The predicted octanol–water partition coefficient (Wildman–Crippen LogP) is 3.52. The molecule has 1 aliphatic rings. The van der Waals surface area contributed by atoms with Crippen molar-refractivity contribution in [3.05, 3.63) is 59.0 Å². The number of hydrogen-bond donors (Lipinski definition) is 2. The fourth-order valence-electron chi connectivity index (χ4n) is 1.94. The van der Waals surface area contributed by atoms with Crippen molar-refractivity contribution in [2.75, 3.05) is 0 Å². The summed E-state index contributed by atoms with van der Waals surface area (Å²) in [6.07, 6.45) is 0.938. The summed E-state index contributed by atoms with van der Waals surface area (Å²) in [5.74, 6) is 0.110. The van der Waals surface area contributed by atoms with E-state index in [0.29, 0.717) is 17.7 Å². The van der Waals surface area contributed by atoms with E-state index in [9.17, 15) is 13.2 Å². The molecule has 0 heterocycles. The van der Waals surface area contributed by atoms with Crippen LogP contribution in [0.2, 0.25) is 0 Å². The van der Waals surface area contributed by atoms with Gasteiger partial charge in [-0.2, -0.15) is 0 Å². The lowest BCUT2D eigenvalue weighted by molar-refractivity contribution is -0.306. The Bertz CT molecular complexity index is 716. The van der Waals surface area contributed by atoms with Crippen molar-refractivity contribution < 1.29 is 17.9 Å². The lowest BCUT2D eigenvalue weighted by Crippen LogP contribution is -2.14. The number of nitrogens with zero attached hydrogens (tertiary/aromatic N) is 2. The van der Waals surface area contributed by atoms with Crippen LogP contribution >= 0.6 is 0 Å². The number of allylic oxidation sites excluding steroid dienone is 4. The van der Waals surface area contributed by atoms with E-state index in [-0.39, 0.29) is 18.0 Å². The smallest absolute Gasteiger partial charge is 0.410 e. The minimum atomic E-state index is -4.67. The van der Waals surface area contributed by atoms with Crippen LogP contribution in [0.3, 0.4) is 0 Å². The topological polar surface area (TPSA) is 83.8 Å². The van der Waals surface area contributed by atoms with E-state index in [0.717, 1.165) is 5.56 Å². The van der Waals surface area contributed by atoms with E-state index < -0.39 is 6.36 Å². The predicted molar refractivity (Wildman–Crippen MR) is 86.1 cm³/mol. The lowest BCUT2D eigenvalue weighted by Gasteiger charge is -2.14. The third-order valence-electron chi connectivity index (χ3n) is 3.13. The highest BCUT2D eigenvalue weighted by Gasteiger charge is 2.32. The Balaban J connectivity index is 1.99. The number of halogens is 3. The van der Waals surface area contributed by atoms with Crippen LogP contribution < -0.4 is 5.73 Å². The molecule has 1 aromatic rings. The molecular formula is C16H15F3N4O. The van der Waals surface area contributed by atoms with Crippen molar-refractivity contribution in [1.29, 1.82) is 5.41 Å². The first-order chi connectivity index (χ1) is 11.4. The standard InChI is InChI=1S/C16H15F3N4O/c17-16(18,19)24-14-7-5-13(6-8-14)22-10-23-15(21)12-3-1-11(9-20)2-4-12/h1-5,7,9-10,20H,6,8H2,(H2,21,22,23). The van der Waals surface area contributed by atoms with Gasteiger partial charge in [0, 0.05) is 23.9 Å². The largest absolute Gasteiger partial charge is 0.572 e. The zero-order chi connectivity index (χ0) is 17.6. The Kier molecular flexibility index (Phi) is 5.51. The fourth-order valence-corrected chi connectivity index (χ4v) is 1.94. The summed E-state index contributed by atoms with van der Waals surface area (Å²) in [4.78, 5) is 8.06. The Morgan fingerprint density at radius 1 is 1.17 bits per heavy atom. The van der Waals surface area contributed by atoms with Crippen molar-refractivity contribution in [3.63, 3.8) is 0 Å². The van der Waals surface area contributed by atoms with E-state index in [1.54, 1.807) is 24.3 Å². The summed E-state index contributed by atoms with van der Waals surface area (Å²) in [6, 6.07) is 6.93. The van der Waals surface area contributed by atoms with Crippen LogP contribution in [0.25, 0.3) is 0 Å². The summed E-state index contributed by atoms with van der Waals surface area (Å²) < 4.78 is 40.1. The highest BCUT2D eigenvalue weighted by Crippen LogP contribution is 2.27. The summed E-state index contributed by atoms with van der Waals surface area (Å²) in [7, 11) is 0. The third kappa shape index (κ3) is 5.38. The molecule has 0 radical (unpaired) electrons. The van der Waals surface area contributed by atoms with Crippen LogP contribution in [0, 0.1) is 5.41 Å². The van der Waals surface area contributed by atoms with Crippen molar-refractivity contribution >= 4 is 18.4 Å². The second kappa shape index (κ2) is 7.58. The maximum absolute atomic E-state index is 12.1. The Hall–Kier alpha value is -2.90. The van der Waals surface area contributed by atoms with Crippen LogP contribution in [0.4, 0.5) is 13.2 Å². The normalized spacial score (nSPS) is 15.9. The Morgan fingerprint density at radius 2 is 1.88 bits per heavy atom. The average Bonchev–Trinajstić information content (AvgIpc) is 2.55. The molecule has 0 aromatic heterocycles. The molecule has 0 aliphatic heterocycles. The molecule has 0 amide bonds. The van der Waals surface area contributed by atoms with Gasteiger partial charge in [-0.25, -0.2) is 9.98 Å². The van der Waals surface area contributed by atoms with Crippen LogP contribution in [0.5, 0.6) is 0 Å². The SMILES string of the molecule is N=Cc1ccc(C(N)=NC=NC2=CC=C(OC(F)(F)F)CC2)cc1. The Morgan fingerprint density at radius 3 is 2.42 bits per heavy atom. The fraction of sp³-hybridized carbons (Fsp3) is 0.188. The molecule has 0 fully saturated rings. The summed E-state index contributed by atoms with van der Waals surface area (Å²) in [5, 5.41) is 7.12. The second-order valence-electron chi connectivity index (χ2n) is 4.86. The number of ether oxygens (including phenoxy) is 1. The van der Waals surface area contributed by atoms with Gasteiger partial charge in [0.2, 0.25) is 0 Å². The molecule has 0 saturated carbocycles. The van der Waals surface area contributed by atoms with Crippen molar-refractivity contribution in [3.8, 4) is 0 Å². The molecule has 3 N–H and O–H groups in total. The van der Waals surface area contributed by atoms with E-state index in [2.05, 4.69) is 14.7 Å². The van der Waals surface area contributed by atoms with Crippen LogP contribution in [0.1, 0.15) is 24.0 Å². The number of hydrogen-bond acceptors (Lipinski definition) is 3. The van der Waals surface area contributed by atoms with Gasteiger partial charge in [0.25, 0.3) is 0 Å². The van der Waals surface area contributed by atoms with Crippen molar-refractivity contribution in [1.82, 2.24) is 0 Å². The van der Waals surface area contributed by atoms with Gasteiger partial charge >= 0.3 is 6.36 Å². The quantitative estimate of drug-likeness (QED) is 0.637. The molecule has 2 rings (SSSR count). The van der Waals surface area contributed by atoms with Gasteiger partial charge in [0.15, 0.2) is 0 Å². The first-order valence-corrected chi connectivity index (χ1v) is 6.99. The number of rotatable bonds is 5. The molecule has 1 aromatic carbocycles. The molecule has 5 nitrogen and oxygen atoms in total. The van der Waals surface area contributed by atoms with Gasteiger partial charge in [0.05, 0.1) is 0 Å². The molecule has 1 aliphatic carbocycles. The van der Waals surface area contributed by atoms with E-state index in [4.69, 9.17) is 11.1 Å². The van der Waals surface area contributed by atoms with Crippen molar-refractivity contribution in [2.24, 2.45) is 15.7 Å². The number of nitrogens with one attached hydrogen (secondary N) is 1. The highest BCUT2D eigenvalue weighted by molar-refractivity contribution is 6.01. The number of amidine groups is 1. The third-order valence-corrected chi connectivity index (χ3v) is 3.13. The maximum Gasteiger partial charge on any atom is 0.572 e. The van der Waals surface area contributed by atoms with Gasteiger partial charge in [-0.15, -0.1) is 13.2 Å². The van der Waals surface area contributed by atoms with Crippen LogP contribution in [-0.2, 0) is 4.74 Å². The van der Waals surface area contributed by atoms with Crippen molar-refractivity contribution in [2.45, 2.75) is 19.2 Å². The van der Waals surface area contributed by atoms with Gasteiger partial charge < -0.3 is 15.9 Å². The molecule has 24 heavy (non-hydrogen) atoms. The molecule has 0 saturated heterocycles. The minimum absolute atomic E-state index is 0.118. The Labute approximate surface area is 136 Å².